The lowest BCUT2D eigenvalue weighted by molar-refractivity contribution is -0.383. The van der Waals surface area contributed by atoms with Crippen molar-refractivity contribution in [3.63, 3.8) is 0 Å². The highest BCUT2D eigenvalue weighted by Crippen LogP contribution is 2.25. The summed E-state index contributed by atoms with van der Waals surface area (Å²) in [6.45, 7) is 1.86. The van der Waals surface area contributed by atoms with Crippen LogP contribution in [0.25, 0.3) is 0 Å². The lowest BCUT2D eigenvalue weighted by Gasteiger charge is -2.10. The molecule has 3 N–H and O–H groups in total. The van der Waals surface area contributed by atoms with Crippen LogP contribution in [0, 0.1) is 17.0 Å². The number of rotatable bonds is 3. The van der Waals surface area contributed by atoms with E-state index in [-0.39, 0.29) is 22.8 Å². The SMILES string of the molecule is Cc1c(Br)cccc1NC(=O)c1ccc([N+](=O)[O-])c(N)c1. The Morgan fingerprint density at radius 1 is 1.33 bits per heavy atom. The molecular weight excluding hydrogens is 338 g/mol. The van der Waals surface area contributed by atoms with Crippen LogP contribution in [0.2, 0.25) is 0 Å². The van der Waals surface area contributed by atoms with Crippen LogP contribution in [0.4, 0.5) is 17.1 Å². The third kappa shape index (κ3) is 3.19. The average molecular weight is 350 g/mol. The fourth-order valence-corrected chi connectivity index (χ4v) is 2.17. The lowest BCUT2D eigenvalue weighted by Crippen LogP contribution is -2.13. The van der Waals surface area contributed by atoms with Crippen molar-refractivity contribution < 1.29 is 9.72 Å². The number of nitro benzene ring substituents is 1. The monoisotopic (exact) mass is 349 g/mol. The zero-order valence-electron chi connectivity index (χ0n) is 11.1. The molecule has 0 aliphatic rings. The first kappa shape index (κ1) is 15.0. The molecule has 0 saturated heterocycles. The molecule has 0 aliphatic heterocycles. The van der Waals surface area contributed by atoms with Crippen molar-refractivity contribution in [2.24, 2.45) is 0 Å². The fourth-order valence-electron chi connectivity index (χ4n) is 1.80. The largest absolute Gasteiger partial charge is 0.393 e. The number of nitrogens with two attached hydrogens (primary N) is 1. The van der Waals surface area contributed by atoms with Crippen LogP contribution in [-0.4, -0.2) is 10.8 Å². The first-order valence-corrected chi connectivity index (χ1v) is 6.80. The maximum atomic E-state index is 12.2. The molecule has 0 heterocycles. The van der Waals surface area contributed by atoms with Crippen molar-refractivity contribution in [3.8, 4) is 0 Å². The van der Waals surface area contributed by atoms with Gasteiger partial charge in [0.2, 0.25) is 0 Å². The fraction of sp³-hybridized carbons (Fsp3) is 0.0714. The molecule has 1 amide bonds. The van der Waals surface area contributed by atoms with Crippen LogP contribution < -0.4 is 11.1 Å². The van der Waals surface area contributed by atoms with Crippen LogP contribution in [0.5, 0.6) is 0 Å². The minimum atomic E-state index is -0.588. The zero-order valence-corrected chi connectivity index (χ0v) is 12.7. The molecule has 2 aromatic rings. The molecular formula is C14H12BrN3O3. The van der Waals surface area contributed by atoms with E-state index in [1.54, 1.807) is 12.1 Å². The highest BCUT2D eigenvalue weighted by atomic mass is 79.9. The van der Waals surface area contributed by atoms with Crippen LogP contribution >= 0.6 is 15.9 Å². The van der Waals surface area contributed by atoms with Gasteiger partial charge in [0.25, 0.3) is 11.6 Å². The van der Waals surface area contributed by atoms with Gasteiger partial charge < -0.3 is 11.1 Å². The summed E-state index contributed by atoms with van der Waals surface area (Å²) in [5.74, 6) is -0.377. The molecule has 6 nitrogen and oxygen atoms in total. The van der Waals surface area contributed by atoms with Gasteiger partial charge in [-0.25, -0.2) is 0 Å². The molecule has 0 aromatic heterocycles. The Hall–Kier alpha value is -2.41. The Balaban J connectivity index is 2.27. The number of hydrogen-bond acceptors (Lipinski definition) is 4. The predicted octanol–water partition coefficient (Wildman–Crippen LogP) is 3.50. The number of carbonyl (C=O) groups excluding carboxylic acids is 1. The molecule has 108 valence electrons. The van der Waals surface area contributed by atoms with Gasteiger partial charge in [0.05, 0.1) is 4.92 Å². The number of nitrogens with one attached hydrogen (secondary N) is 1. The Labute approximate surface area is 129 Å². The van der Waals surface area contributed by atoms with Crippen molar-refractivity contribution in [3.05, 3.63) is 62.1 Å². The van der Waals surface area contributed by atoms with E-state index in [0.29, 0.717) is 5.69 Å². The molecule has 0 radical (unpaired) electrons. The zero-order chi connectivity index (χ0) is 15.6. The smallest absolute Gasteiger partial charge is 0.292 e. The maximum absolute atomic E-state index is 12.2. The van der Waals surface area contributed by atoms with E-state index >= 15 is 0 Å². The molecule has 0 unspecified atom stereocenters. The normalized spacial score (nSPS) is 10.2. The Morgan fingerprint density at radius 3 is 2.67 bits per heavy atom. The average Bonchev–Trinajstić information content (AvgIpc) is 2.43. The Bertz CT molecular complexity index is 731. The molecule has 0 fully saturated rings. The first-order chi connectivity index (χ1) is 9.90. The molecule has 0 saturated carbocycles. The summed E-state index contributed by atoms with van der Waals surface area (Å²) in [6, 6.07) is 9.33. The minimum Gasteiger partial charge on any atom is -0.393 e. The van der Waals surface area contributed by atoms with Gasteiger partial charge in [-0.05, 0) is 36.8 Å². The van der Waals surface area contributed by atoms with E-state index in [4.69, 9.17) is 5.73 Å². The summed E-state index contributed by atoms with van der Waals surface area (Å²) in [7, 11) is 0. The minimum absolute atomic E-state index is 0.0429. The summed E-state index contributed by atoms with van der Waals surface area (Å²) in [5, 5.41) is 13.4. The van der Waals surface area contributed by atoms with Gasteiger partial charge in [0.15, 0.2) is 0 Å². The van der Waals surface area contributed by atoms with Crippen molar-refractivity contribution in [2.45, 2.75) is 6.92 Å². The standard InChI is InChI=1S/C14H12BrN3O3/c1-8-10(15)3-2-4-12(8)17-14(19)9-5-6-13(18(20)21)11(16)7-9/h2-7H,16H2,1H3,(H,17,19). The molecule has 2 rings (SSSR count). The van der Waals surface area contributed by atoms with E-state index in [9.17, 15) is 14.9 Å². The summed E-state index contributed by atoms with van der Waals surface area (Å²) in [5.41, 5.74) is 7.13. The van der Waals surface area contributed by atoms with Crippen LogP contribution in [-0.2, 0) is 0 Å². The van der Waals surface area contributed by atoms with E-state index < -0.39 is 4.92 Å². The maximum Gasteiger partial charge on any atom is 0.292 e. The molecule has 0 bridgehead atoms. The summed E-state index contributed by atoms with van der Waals surface area (Å²) in [4.78, 5) is 22.3. The van der Waals surface area contributed by atoms with Crippen molar-refractivity contribution >= 4 is 38.9 Å². The number of amides is 1. The van der Waals surface area contributed by atoms with Gasteiger partial charge in [-0.2, -0.15) is 0 Å². The van der Waals surface area contributed by atoms with Gasteiger partial charge in [0, 0.05) is 21.8 Å². The van der Waals surface area contributed by atoms with Crippen LogP contribution in [0.1, 0.15) is 15.9 Å². The first-order valence-electron chi connectivity index (χ1n) is 6.00. The highest BCUT2D eigenvalue weighted by Gasteiger charge is 2.15. The number of halogens is 1. The third-order valence-corrected chi connectivity index (χ3v) is 3.86. The highest BCUT2D eigenvalue weighted by molar-refractivity contribution is 9.10. The molecule has 7 heteroatoms. The van der Waals surface area contributed by atoms with Gasteiger partial charge in [-0.15, -0.1) is 0 Å². The van der Waals surface area contributed by atoms with E-state index in [1.807, 2.05) is 13.0 Å². The van der Waals surface area contributed by atoms with E-state index in [0.717, 1.165) is 10.0 Å². The van der Waals surface area contributed by atoms with Gasteiger partial charge in [-0.1, -0.05) is 22.0 Å². The molecule has 2 aromatic carbocycles. The number of nitrogen functional groups attached to an aromatic ring is 1. The number of benzene rings is 2. The summed E-state index contributed by atoms with van der Waals surface area (Å²) in [6.07, 6.45) is 0. The Morgan fingerprint density at radius 2 is 2.05 bits per heavy atom. The van der Waals surface area contributed by atoms with E-state index in [2.05, 4.69) is 21.2 Å². The number of carbonyl (C=O) groups is 1. The quantitative estimate of drug-likeness (QED) is 0.503. The number of anilines is 2. The molecule has 0 atom stereocenters. The molecule has 21 heavy (non-hydrogen) atoms. The van der Waals surface area contributed by atoms with Crippen LogP contribution in [0.15, 0.2) is 40.9 Å². The summed E-state index contributed by atoms with van der Waals surface area (Å²) < 4.78 is 0.878. The second-order valence-electron chi connectivity index (χ2n) is 4.40. The number of hydrogen-bond donors (Lipinski definition) is 2. The summed E-state index contributed by atoms with van der Waals surface area (Å²) >= 11 is 3.38. The molecule has 0 aliphatic carbocycles. The van der Waals surface area contributed by atoms with Crippen molar-refractivity contribution in [2.75, 3.05) is 11.1 Å². The Kier molecular flexibility index (Phi) is 4.23. The molecule has 0 spiro atoms. The number of nitrogens with zero attached hydrogens (tertiary/aromatic N) is 1. The third-order valence-electron chi connectivity index (χ3n) is 3.00. The van der Waals surface area contributed by atoms with Crippen LogP contribution in [0.3, 0.4) is 0 Å². The van der Waals surface area contributed by atoms with E-state index in [1.165, 1.54) is 18.2 Å². The second kappa shape index (κ2) is 5.92. The van der Waals surface area contributed by atoms with Crippen molar-refractivity contribution in [1.82, 2.24) is 0 Å². The predicted molar refractivity (Wildman–Crippen MR) is 84.3 cm³/mol. The van der Waals surface area contributed by atoms with Gasteiger partial charge in [0.1, 0.15) is 5.69 Å². The topological polar surface area (TPSA) is 98.3 Å². The van der Waals surface area contributed by atoms with Gasteiger partial charge in [-0.3, -0.25) is 14.9 Å². The lowest BCUT2D eigenvalue weighted by atomic mass is 10.1. The van der Waals surface area contributed by atoms with Crippen molar-refractivity contribution in [1.29, 1.82) is 0 Å². The second-order valence-corrected chi connectivity index (χ2v) is 5.25. The number of nitro groups is 1. The van der Waals surface area contributed by atoms with Gasteiger partial charge >= 0.3 is 0 Å².